The van der Waals surface area contributed by atoms with E-state index in [-0.39, 0.29) is 91.1 Å². The number of carbonyl (C=O) groups is 9. The SMILES string of the molecule is CC(C)[C@H](NCCCC(=O)CCCN1C(=O)C=CC1=O)C(=O)C[C@@H](CCCNC(N)=O)C(=O)Nc1ccc(C(=O)Nc2ccc3[nH]c(C(=O)N4C[C@H]5CC56C4=CC(=O)c4ccccc46)cc3c2)cc1. The quantitative estimate of drug-likeness (QED) is 0.0424. The van der Waals surface area contributed by atoms with Crippen molar-refractivity contribution in [1.29, 1.82) is 0 Å². The van der Waals surface area contributed by atoms with E-state index in [1.54, 1.807) is 59.5 Å². The molecule has 4 aromatic rings. The molecule has 1 saturated carbocycles. The Kier molecular flexibility index (Phi) is 14.2. The first-order chi connectivity index (χ1) is 33.1. The molecule has 17 heteroatoms. The maximum Gasteiger partial charge on any atom is 0.312 e. The van der Waals surface area contributed by atoms with E-state index in [0.717, 1.165) is 22.6 Å². The molecule has 8 rings (SSSR count). The van der Waals surface area contributed by atoms with Crippen LogP contribution >= 0.6 is 0 Å². The molecule has 17 nitrogen and oxygen atoms in total. The first-order valence-electron chi connectivity index (χ1n) is 23.5. The van der Waals surface area contributed by atoms with Gasteiger partial charge < -0.3 is 36.9 Å². The van der Waals surface area contributed by atoms with Crippen LogP contribution in [0.15, 0.2) is 96.7 Å². The number of anilines is 2. The van der Waals surface area contributed by atoms with Gasteiger partial charge in [-0.05, 0) is 105 Å². The van der Waals surface area contributed by atoms with Gasteiger partial charge in [0, 0.05) is 108 Å². The number of aromatic nitrogens is 1. The highest BCUT2D eigenvalue weighted by molar-refractivity contribution is 6.13. The van der Waals surface area contributed by atoms with Crippen LogP contribution in [-0.2, 0) is 29.4 Å². The van der Waals surface area contributed by atoms with Gasteiger partial charge in [0.15, 0.2) is 11.6 Å². The topological polar surface area (TPSA) is 250 Å². The van der Waals surface area contributed by atoms with Crippen molar-refractivity contribution >= 4 is 75.2 Å². The van der Waals surface area contributed by atoms with Gasteiger partial charge in [-0.1, -0.05) is 38.1 Å². The number of urea groups is 1. The minimum Gasteiger partial charge on any atom is -0.352 e. The maximum absolute atomic E-state index is 13.9. The number of hydrogen-bond donors (Lipinski definition) is 6. The van der Waals surface area contributed by atoms with Crippen molar-refractivity contribution in [3.8, 4) is 0 Å². The number of nitrogens with zero attached hydrogens (tertiary/aromatic N) is 2. The zero-order valence-electron chi connectivity index (χ0n) is 38.6. The molecule has 1 saturated heterocycles. The number of hydrogen-bond acceptors (Lipinski definition) is 10. The van der Waals surface area contributed by atoms with Gasteiger partial charge in [0.05, 0.1) is 6.04 Å². The predicted molar refractivity (Wildman–Crippen MR) is 257 cm³/mol. The number of piperidine rings is 1. The Bertz CT molecular complexity index is 2790. The molecule has 1 unspecified atom stereocenters. The van der Waals surface area contributed by atoms with Crippen LogP contribution in [0.3, 0.4) is 0 Å². The van der Waals surface area contributed by atoms with Gasteiger partial charge in [0.1, 0.15) is 11.5 Å². The van der Waals surface area contributed by atoms with Crippen LogP contribution in [0.25, 0.3) is 10.9 Å². The summed E-state index contributed by atoms with van der Waals surface area (Å²) in [5.41, 5.74) is 9.71. The first-order valence-corrected chi connectivity index (χ1v) is 23.5. The number of aromatic amines is 1. The smallest absolute Gasteiger partial charge is 0.312 e. The van der Waals surface area contributed by atoms with Crippen LogP contribution in [-0.4, -0.2) is 99.9 Å². The predicted octanol–water partition coefficient (Wildman–Crippen LogP) is 5.55. The zero-order chi connectivity index (χ0) is 49.0. The molecule has 7 amide bonds. The number of Topliss-reactive ketones (excluding diaryl/α,β-unsaturated/α-hetero) is 2. The molecule has 69 heavy (non-hydrogen) atoms. The maximum atomic E-state index is 13.9. The number of primary amides is 1. The van der Waals surface area contributed by atoms with Crippen molar-refractivity contribution in [1.82, 2.24) is 25.4 Å². The van der Waals surface area contributed by atoms with E-state index in [4.69, 9.17) is 5.73 Å². The van der Waals surface area contributed by atoms with Gasteiger partial charge in [0.2, 0.25) is 5.91 Å². The molecule has 0 bridgehead atoms. The van der Waals surface area contributed by atoms with E-state index in [2.05, 4.69) is 26.3 Å². The zero-order valence-corrected chi connectivity index (χ0v) is 38.6. The molecule has 4 aliphatic rings. The molecule has 3 aromatic carbocycles. The fraction of sp³-hybridized carbons (Fsp3) is 0.365. The normalized spacial score (nSPS) is 18.6. The number of carbonyl (C=O) groups excluding carboxylic acids is 9. The highest BCUT2D eigenvalue weighted by Crippen LogP contribution is 2.66. The third-order valence-electron chi connectivity index (χ3n) is 13.6. The van der Waals surface area contributed by atoms with Crippen molar-refractivity contribution in [2.75, 3.05) is 36.8 Å². The molecule has 0 radical (unpaired) electrons. The fourth-order valence-corrected chi connectivity index (χ4v) is 9.93. The van der Waals surface area contributed by atoms with E-state index in [1.165, 1.54) is 12.2 Å². The van der Waals surface area contributed by atoms with Gasteiger partial charge in [-0.3, -0.25) is 43.3 Å². The Morgan fingerprint density at radius 2 is 1.57 bits per heavy atom. The van der Waals surface area contributed by atoms with E-state index in [9.17, 15) is 43.2 Å². The summed E-state index contributed by atoms with van der Waals surface area (Å²) in [7, 11) is 0. The fourth-order valence-electron chi connectivity index (χ4n) is 9.93. The number of allylic oxidation sites excluding steroid dienone is 2. The van der Waals surface area contributed by atoms with Crippen LogP contribution in [0.1, 0.15) is 102 Å². The van der Waals surface area contributed by atoms with Crippen LogP contribution in [0, 0.1) is 17.8 Å². The second-order valence-electron chi connectivity index (χ2n) is 18.6. The molecular formula is C52H56N8O9. The number of rotatable bonds is 22. The number of H-pyrrole nitrogens is 1. The second kappa shape index (κ2) is 20.4. The van der Waals surface area contributed by atoms with E-state index in [1.807, 2.05) is 38.1 Å². The summed E-state index contributed by atoms with van der Waals surface area (Å²) in [6.07, 6.45) is 6.85. The average molecular weight is 937 g/mol. The summed E-state index contributed by atoms with van der Waals surface area (Å²) in [6, 6.07) is 19.7. The number of benzene rings is 3. The highest BCUT2D eigenvalue weighted by atomic mass is 16.2. The lowest BCUT2D eigenvalue weighted by atomic mass is 9.81. The van der Waals surface area contributed by atoms with Gasteiger partial charge >= 0.3 is 6.03 Å². The average Bonchev–Trinajstić information content (AvgIpc) is 3.52. The minimum absolute atomic E-state index is 0.0111. The summed E-state index contributed by atoms with van der Waals surface area (Å²) >= 11 is 0. The number of amides is 7. The summed E-state index contributed by atoms with van der Waals surface area (Å²) < 4.78 is 0. The number of fused-ring (bicyclic) bond motifs is 2. The standard InChI is InChI=1S/C52H56N8O9/c1-30(2)47(54-21-6-9-37(61)10-7-23-59-45(64)19-20-46(59)65)43(63)26-32(8-5-22-55-51(53)69)49(67)56-35-15-13-31(14-16-35)48(66)57-36-17-18-40-33(24-36)25-41(58-40)50(68)60-29-34-28-52(34)39-12-4-3-11-38(39)42(62)27-44(52)60/h3-4,11-20,24-25,27,30,32,34,47,54,58H,5-10,21-23,26,28-29H2,1-2H3,(H,56,67)(H,57,66)(H3,53,55,69)/t32-,34-,47+,52?/m1/s1. The number of ketones is 3. The first kappa shape index (κ1) is 47.9. The molecule has 3 heterocycles. The molecule has 1 spiro atoms. The van der Waals surface area contributed by atoms with Crippen LogP contribution in [0.5, 0.6) is 0 Å². The van der Waals surface area contributed by atoms with Crippen LogP contribution in [0.4, 0.5) is 16.2 Å². The van der Waals surface area contributed by atoms with Gasteiger partial charge in [-0.2, -0.15) is 0 Å². The Balaban J connectivity index is 0.835. The number of nitrogens with one attached hydrogen (secondary N) is 5. The summed E-state index contributed by atoms with van der Waals surface area (Å²) in [5.74, 6) is -2.69. The largest absolute Gasteiger partial charge is 0.352 e. The third kappa shape index (κ3) is 10.5. The number of likely N-dealkylation sites (tertiary alicyclic amines) is 1. The van der Waals surface area contributed by atoms with E-state index >= 15 is 0 Å². The monoisotopic (exact) mass is 936 g/mol. The van der Waals surface area contributed by atoms with Crippen molar-refractivity contribution in [2.24, 2.45) is 23.5 Å². The molecule has 1 aromatic heterocycles. The second-order valence-corrected chi connectivity index (χ2v) is 18.6. The molecule has 4 atom stereocenters. The summed E-state index contributed by atoms with van der Waals surface area (Å²) in [5, 5.41) is 12.3. The van der Waals surface area contributed by atoms with Gasteiger partial charge in [-0.15, -0.1) is 0 Å². The minimum atomic E-state index is -0.757. The Morgan fingerprint density at radius 3 is 2.30 bits per heavy atom. The molecule has 2 aliphatic heterocycles. The van der Waals surface area contributed by atoms with Crippen molar-refractivity contribution in [3.63, 3.8) is 0 Å². The van der Waals surface area contributed by atoms with Gasteiger partial charge in [0.25, 0.3) is 23.6 Å². The van der Waals surface area contributed by atoms with Crippen molar-refractivity contribution in [2.45, 2.75) is 76.7 Å². The summed E-state index contributed by atoms with van der Waals surface area (Å²) in [6.45, 7) is 5.09. The molecular weight excluding hydrogens is 881 g/mol. The third-order valence-corrected chi connectivity index (χ3v) is 13.6. The Labute approximate surface area is 398 Å². The molecule has 2 aliphatic carbocycles. The Morgan fingerprint density at radius 1 is 0.841 bits per heavy atom. The summed E-state index contributed by atoms with van der Waals surface area (Å²) in [4.78, 5) is 121. The van der Waals surface area contributed by atoms with Crippen molar-refractivity contribution in [3.05, 3.63) is 119 Å². The lowest BCUT2D eigenvalue weighted by molar-refractivity contribution is -0.137. The number of nitrogens with two attached hydrogens (primary N) is 1. The van der Waals surface area contributed by atoms with Crippen molar-refractivity contribution < 1.29 is 43.2 Å². The van der Waals surface area contributed by atoms with Gasteiger partial charge in [-0.25, -0.2) is 4.79 Å². The molecule has 2 fully saturated rings. The lowest BCUT2D eigenvalue weighted by Gasteiger charge is -2.29. The highest BCUT2D eigenvalue weighted by Gasteiger charge is 2.67. The van der Waals surface area contributed by atoms with Crippen LogP contribution in [0.2, 0.25) is 0 Å². The molecule has 7 N–H and O–H groups in total. The lowest BCUT2D eigenvalue weighted by Crippen LogP contribution is -2.43. The van der Waals surface area contributed by atoms with E-state index in [0.29, 0.717) is 71.5 Å². The Hall–Kier alpha value is -7.53. The van der Waals surface area contributed by atoms with Crippen LogP contribution < -0.4 is 27.0 Å². The molecule has 358 valence electrons. The number of imide groups is 1. The van der Waals surface area contributed by atoms with E-state index < -0.39 is 29.8 Å².